The molecule has 0 aromatic carbocycles. The van der Waals surface area contributed by atoms with Crippen molar-refractivity contribution in [1.82, 2.24) is 0 Å². The van der Waals surface area contributed by atoms with Crippen LogP contribution in [0.1, 0.15) is 39.5 Å². The van der Waals surface area contributed by atoms with Crippen molar-refractivity contribution in [3.63, 3.8) is 0 Å². The first-order chi connectivity index (χ1) is 2.91. The predicted molar refractivity (Wildman–Crippen MR) is 29.8 cm³/mol. The summed E-state index contributed by atoms with van der Waals surface area (Å²) in [6, 6.07) is 0. The molecule has 0 heterocycles. The molecule has 0 saturated carbocycles. The van der Waals surface area contributed by atoms with E-state index in [0.29, 0.717) is 0 Å². The third-order valence-corrected chi connectivity index (χ3v) is 0.957. The van der Waals surface area contributed by atoms with Gasteiger partial charge in [0.25, 0.3) is 0 Å². The van der Waals surface area contributed by atoms with Gasteiger partial charge >= 0.3 is 0 Å². The SMILES string of the molecule is CCCCCC.[V]. The fraction of sp³-hybridized carbons (Fsp3) is 1.00. The molecule has 0 aromatic rings. The van der Waals surface area contributed by atoms with E-state index in [-0.39, 0.29) is 18.6 Å². The zero-order chi connectivity index (χ0) is 4.83. The van der Waals surface area contributed by atoms with Crippen molar-refractivity contribution in [3.8, 4) is 0 Å². The average molecular weight is 137 g/mol. The summed E-state index contributed by atoms with van der Waals surface area (Å²) in [5.41, 5.74) is 0. The molecule has 0 aliphatic heterocycles. The Morgan fingerprint density at radius 2 is 1.14 bits per heavy atom. The first kappa shape index (κ1) is 10.5. The smallest absolute Gasteiger partial charge is 0 e. The Labute approximate surface area is 58.6 Å². The van der Waals surface area contributed by atoms with Gasteiger partial charge in [-0.1, -0.05) is 39.5 Å². The van der Waals surface area contributed by atoms with Gasteiger partial charge in [-0.15, -0.1) is 0 Å². The summed E-state index contributed by atoms with van der Waals surface area (Å²) >= 11 is 0. The molecule has 7 heavy (non-hydrogen) atoms. The summed E-state index contributed by atoms with van der Waals surface area (Å²) < 4.78 is 0. The van der Waals surface area contributed by atoms with Crippen molar-refractivity contribution < 1.29 is 18.6 Å². The maximum absolute atomic E-state index is 2.23. The van der Waals surface area contributed by atoms with Crippen molar-refractivity contribution in [2.75, 3.05) is 0 Å². The Hall–Kier alpha value is 0.584. The molecule has 0 rings (SSSR count). The minimum absolute atomic E-state index is 0. The molecule has 43 valence electrons. The van der Waals surface area contributed by atoms with Crippen LogP contribution in [0, 0.1) is 0 Å². The van der Waals surface area contributed by atoms with E-state index < -0.39 is 0 Å². The van der Waals surface area contributed by atoms with Crippen molar-refractivity contribution in [1.29, 1.82) is 0 Å². The molecule has 1 radical (unpaired) electrons. The first-order valence-corrected chi connectivity index (χ1v) is 2.91. The van der Waals surface area contributed by atoms with Crippen LogP contribution >= 0.6 is 0 Å². The van der Waals surface area contributed by atoms with Gasteiger partial charge in [0, 0.05) is 18.6 Å². The molecule has 0 fully saturated rings. The molecule has 0 nitrogen and oxygen atoms in total. The van der Waals surface area contributed by atoms with E-state index in [0.717, 1.165) is 0 Å². The van der Waals surface area contributed by atoms with Crippen LogP contribution in [0.4, 0.5) is 0 Å². The predicted octanol–water partition coefficient (Wildman–Crippen LogP) is 2.58. The fourth-order valence-corrected chi connectivity index (χ4v) is 0.500. The molecule has 0 amide bonds. The summed E-state index contributed by atoms with van der Waals surface area (Å²) in [7, 11) is 0. The van der Waals surface area contributed by atoms with Gasteiger partial charge in [0.2, 0.25) is 0 Å². The molecule has 0 unspecified atom stereocenters. The van der Waals surface area contributed by atoms with Crippen LogP contribution in [-0.4, -0.2) is 0 Å². The van der Waals surface area contributed by atoms with Crippen LogP contribution in [-0.2, 0) is 18.6 Å². The number of hydrogen-bond acceptors (Lipinski definition) is 0. The van der Waals surface area contributed by atoms with Crippen molar-refractivity contribution in [3.05, 3.63) is 0 Å². The van der Waals surface area contributed by atoms with Gasteiger partial charge in [0.1, 0.15) is 0 Å². The number of unbranched alkanes of at least 4 members (excludes halogenated alkanes) is 3. The topological polar surface area (TPSA) is 0 Å². The van der Waals surface area contributed by atoms with Gasteiger partial charge in [0.15, 0.2) is 0 Å². The molecule has 0 aliphatic rings. The van der Waals surface area contributed by atoms with Crippen LogP contribution in [0.3, 0.4) is 0 Å². The third-order valence-electron chi connectivity index (χ3n) is 0.957. The summed E-state index contributed by atoms with van der Waals surface area (Å²) in [6.45, 7) is 4.46. The van der Waals surface area contributed by atoms with E-state index in [1.54, 1.807) is 0 Å². The second-order valence-electron chi connectivity index (χ2n) is 1.71. The summed E-state index contributed by atoms with van der Waals surface area (Å²) in [5.74, 6) is 0. The van der Waals surface area contributed by atoms with E-state index in [4.69, 9.17) is 0 Å². The van der Waals surface area contributed by atoms with Crippen molar-refractivity contribution in [2.24, 2.45) is 0 Å². The van der Waals surface area contributed by atoms with Crippen LogP contribution in [0.25, 0.3) is 0 Å². The fourth-order valence-electron chi connectivity index (χ4n) is 0.500. The Morgan fingerprint density at radius 3 is 1.29 bits per heavy atom. The first-order valence-electron chi connectivity index (χ1n) is 2.91. The molecular weight excluding hydrogens is 123 g/mol. The van der Waals surface area contributed by atoms with Gasteiger partial charge in [-0.25, -0.2) is 0 Å². The Balaban J connectivity index is 0. The molecule has 0 aromatic heterocycles. The second-order valence-corrected chi connectivity index (χ2v) is 1.71. The molecule has 0 saturated heterocycles. The van der Waals surface area contributed by atoms with Crippen LogP contribution in [0.15, 0.2) is 0 Å². The van der Waals surface area contributed by atoms with E-state index in [9.17, 15) is 0 Å². The standard InChI is InChI=1S/C6H14.V/c1-3-5-6-4-2;/h3-6H2,1-2H3;. The third kappa shape index (κ3) is 10.8. The van der Waals surface area contributed by atoms with Gasteiger partial charge in [-0.2, -0.15) is 0 Å². The van der Waals surface area contributed by atoms with Gasteiger partial charge in [-0.3, -0.25) is 0 Å². The van der Waals surface area contributed by atoms with Crippen LogP contribution in [0.2, 0.25) is 0 Å². The van der Waals surface area contributed by atoms with Gasteiger partial charge < -0.3 is 0 Å². The summed E-state index contributed by atoms with van der Waals surface area (Å²) in [6.07, 6.45) is 5.54. The summed E-state index contributed by atoms with van der Waals surface area (Å²) in [5, 5.41) is 0. The maximum Gasteiger partial charge on any atom is 0 e. The van der Waals surface area contributed by atoms with Crippen molar-refractivity contribution in [2.45, 2.75) is 39.5 Å². The molecule has 0 N–H and O–H groups in total. The zero-order valence-corrected chi connectivity index (χ0v) is 6.67. The Kier molecular flexibility index (Phi) is 14.7. The van der Waals surface area contributed by atoms with E-state index >= 15 is 0 Å². The van der Waals surface area contributed by atoms with Crippen molar-refractivity contribution >= 4 is 0 Å². The van der Waals surface area contributed by atoms with E-state index in [1.807, 2.05) is 0 Å². The monoisotopic (exact) mass is 137 g/mol. The van der Waals surface area contributed by atoms with Gasteiger partial charge in [-0.05, 0) is 0 Å². The maximum atomic E-state index is 2.23. The molecule has 0 bridgehead atoms. The number of hydrogen-bond donors (Lipinski definition) is 0. The van der Waals surface area contributed by atoms with Gasteiger partial charge in [0.05, 0.1) is 0 Å². The normalized spacial score (nSPS) is 7.71. The molecular formula is C6H14V. The quantitative estimate of drug-likeness (QED) is 0.524. The summed E-state index contributed by atoms with van der Waals surface area (Å²) in [4.78, 5) is 0. The average Bonchev–Trinajstić information content (AvgIpc) is 1.61. The minimum atomic E-state index is 0. The second kappa shape index (κ2) is 9.77. The molecule has 0 atom stereocenters. The van der Waals surface area contributed by atoms with Crippen LogP contribution in [0.5, 0.6) is 0 Å². The van der Waals surface area contributed by atoms with Crippen LogP contribution < -0.4 is 0 Å². The Morgan fingerprint density at radius 1 is 0.857 bits per heavy atom. The minimum Gasteiger partial charge on any atom is -0.0654 e. The molecule has 1 heteroatoms. The largest absolute Gasteiger partial charge is 0.0654 e. The molecule has 0 spiro atoms. The Bertz CT molecular complexity index is 16.1. The van der Waals surface area contributed by atoms with E-state index in [1.165, 1.54) is 25.7 Å². The zero-order valence-electron chi connectivity index (χ0n) is 5.28. The number of rotatable bonds is 3. The molecule has 0 aliphatic carbocycles. The van der Waals surface area contributed by atoms with E-state index in [2.05, 4.69) is 13.8 Å².